The van der Waals surface area contributed by atoms with Gasteiger partial charge in [-0.05, 0) is 36.6 Å². The smallest absolute Gasteiger partial charge is 0.246 e. The fourth-order valence-electron chi connectivity index (χ4n) is 2.10. The number of sulfone groups is 1. The first-order valence-electron chi connectivity index (χ1n) is 7.05. The van der Waals surface area contributed by atoms with Crippen molar-refractivity contribution in [3.05, 3.63) is 40.9 Å². The minimum Gasteiger partial charge on any atom is -0.338 e. The van der Waals surface area contributed by atoms with Crippen molar-refractivity contribution in [2.75, 3.05) is 19.1 Å². The molecule has 0 bridgehead atoms. The molecule has 0 radical (unpaired) electrons. The molecule has 0 aliphatic heterocycles. The number of hydrogen-bond donors (Lipinski definition) is 0. The summed E-state index contributed by atoms with van der Waals surface area (Å²) in [6.07, 6.45) is 3.39. The second-order valence-electron chi connectivity index (χ2n) is 5.42. The Kier molecular flexibility index (Phi) is 6.63. The van der Waals surface area contributed by atoms with Crippen molar-refractivity contribution in [1.82, 2.24) is 4.90 Å². The first kappa shape index (κ1) is 18.7. The number of carbonyl (C=O) groups excluding carboxylic acids is 1. The van der Waals surface area contributed by atoms with Crippen LogP contribution in [-0.4, -0.2) is 44.3 Å². The molecule has 4 nitrogen and oxygen atoms in total. The molecule has 1 aromatic carbocycles. The lowest BCUT2D eigenvalue weighted by Gasteiger charge is -2.23. The van der Waals surface area contributed by atoms with Gasteiger partial charge in [-0.1, -0.05) is 30.7 Å². The second-order valence-corrected chi connectivity index (χ2v) is 8.05. The van der Waals surface area contributed by atoms with Gasteiger partial charge in [0.15, 0.2) is 0 Å². The summed E-state index contributed by atoms with van der Waals surface area (Å²) in [5.74, 6) is -0.269. The Morgan fingerprint density at radius 2 is 2.05 bits per heavy atom. The van der Waals surface area contributed by atoms with Crippen molar-refractivity contribution < 1.29 is 13.2 Å². The molecular formula is C16H22ClNO3S. The van der Waals surface area contributed by atoms with Crippen LogP contribution in [0.15, 0.2) is 30.3 Å². The molecule has 22 heavy (non-hydrogen) atoms. The molecule has 1 rings (SSSR count). The summed E-state index contributed by atoms with van der Waals surface area (Å²) < 4.78 is 22.7. The zero-order valence-electron chi connectivity index (χ0n) is 13.3. The SMILES string of the molecule is CC/C(=C\C(=O)N(C)[C@@H](C)CS(C)(=O)=O)c1cccc(Cl)c1. The van der Waals surface area contributed by atoms with E-state index in [1.807, 2.05) is 25.1 Å². The van der Waals surface area contributed by atoms with E-state index in [0.717, 1.165) is 11.1 Å². The molecule has 6 heteroatoms. The van der Waals surface area contributed by atoms with E-state index in [9.17, 15) is 13.2 Å². The number of rotatable bonds is 6. The average molecular weight is 344 g/mol. The number of amides is 1. The second kappa shape index (κ2) is 7.79. The zero-order valence-corrected chi connectivity index (χ0v) is 14.9. The van der Waals surface area contributed by atoms with Crippen LogP contribution < -0.4 is 0 Å². The van der Waals surface area contributed by atoms with Crippen LogP contribution in [0.4, 0.5) is 0 Å². The molecule has 0 aliphatic carbocycles. The predicted molar refractivity (Wildman–Crippen MR) is 91.7 cm³/mol. The molecule has 0 N–H and O–H groups in total. The van der Waals surface area contributed by atoms with Crippen molar-refractivity contribution >= 4 is 32.9 Å². The van der Waals surface area contributed by atoms with E-state index in [1.165, 1.54) is 11.2 Å². The highest BCUT2D eigenvalue weighted by atomic mass is 35.5. The van der Waals surface area contributed by atoms with Crippen LogP contribution in [-0.2, 0) is 14.6 Å². The lowest BCUT2D eigenvalue weighted by Crippen LogP contribution is -2.38. The van der Waals surface area contributed by atoms with Gasteiger partial charge in [0.25, 0.3) is 0 Å². The van der Waals surface area contributed by atoms with E-state index in [-0.39, 0.29) is 17.7 Å². The van der Waals surface area contributed by atoms with Gasteiger partial charge in [-0.2, -0.15) is 0 Å². The first-order valence-corrected chi connectivity index (χ1v) is 9.49. The lowest BCUT2D eigenvalue weighted by atomic mass is 10.0. The fourth-order valence-corrected chi connectivity index (χ4v) is 3.39. The predicted octanol–water partition coefficient (Wildman–Crippen LogP) is 3.02. The van der Waals surface area contributed by atoms with Gasteiger partial charge in [0.1, 0.15) is 9.84 Å². The number of carbonyl (C=O) groups is 1. The van der Waals surface area contributed by atoms with E-state index in [1.54, 1.807) is 26.1 Å². The monoisotopic (exact) mass is 343 g/mol. The Hall–Kier alpha value is -1.33. The highest BCUT2D eigenvalue weighted by molar-refractivity contribution is 7.90. The third-order valence-corrected chi connectivity index (χ3v) is 4.75. The Morgan fingerprint density at radius 3 is 2.55 bits per heavy atom. The van der Waals surface area contributed by atoms with Crippen LogP contribution >= 0.6 is 11.6 Å². The molecule has 1 amide bonds. The number of hydrogen-bond acceptors (Lipinski definition) is 3. The van der Waals surface area contributed by atoms with E-state index in [2.05, 4.69) is 0 Å². The summed E-state index contributed by atoms with van der Waals surface area (Å²) in [6, 6.07) is 6.94. The molecule has 1 atom stereocenters. The molecule has 122 valence electrons. The summed E-state index contributed by atoms with van der Waals surface area (Å²) >= 11 is 5.98. The molecule has 1 aromatic rings. The number of allylic oxidation sites excluding steroid dienone is 1. The van der Waals surface area contributed by atoms with Crippen LogP contribution in [0.5, 0.6) is 0 Å². The zero-order chi connectivity index (χ0) is 16.9. The van der Waals surface area contributed by atoms with Gasteiger partial charge < -0.3 is 4.90 Å². The van der Waals surface area contributed by atoms with Crippen LogP contribution in [0.2, 0.25) is 5.02 Å². The summed E-state index contributed by atoms with van der Waals surface area (Å²) in [6.45, 7) is 3.68. The van der Waals surface area contributed by atoms with E-state index < -0.39 is 9.84 Å². The van der Waals surface area contributed by atoms with Gasteiger partial charge in [0.2, 0.25) is 5.91 Å². The van der Waals surface area contributed by atoms with Crippen LogP contribution in [0, 0.1) is 0 Å². The molecular weight excluding hydrogens is 322 g/mol. The summed E-state index contributed by atoms with van der Waals surface area (Å²) in [5, 5.41) is 0.614. The van der Waals surface area contributed by atoms with Crippen LogP contribution in [0.3, 0.4) is 0 Å². The van der Waals surface area contributed by atoms with Crippen molar-refractivity contribution in [3.63, 3.8) is 0 Å². The van der Waals surface area contributed by atoms with Gasteiger partial charge >= 0.3 is 0 Å². The van der Waals surface area contributed by atoms with Gasteiger partial charge in [0, 0.05) is 30.4 Å². The maximum Gasteiger partial charge on any atom is 0.246 e. The molecule has 0 spiro atoms. The summed E-state index contributed by atoms with van der Waals surface area (Å²) in [7, 11) is -1.51. The Bertz CT molecular complexity index is 668. The van der Waals surface area contributed by atoms with Gasteiger partial charge in [-0.3, -0.25) is 4.79 Å². The molecule has 0 saturated heterocycles. The number of likely N-dealkylation sites (N-methyl/N-ethyl adjacent to an activating group) is 1. The third-order valence-electron chi connectivity index (χ3n) is 3.43. The standard InChI is InChI=1S/C16H22ClNO3S/c1-5-13(14-7-6-8-15(17)9-14)10-16(19)18(3)12(2)11-22(4,20)21/h6-10,12H,5,11H2,1-4H3/b13-10+/t12-/m0/s1. The third kappa shape index (κ3) is 5.81. The highest BCUT2D eigenvalue weighted by Crippen LogP contribution is 2.21. The fraction of sp³-hybridized carbons (Fsp3) is 0.438. The topological polar surface area (TPSA) is 54.5 Å². The molecule has 0 unspecified atom stereocenters. The highest BCUT2D eigenvalue weighted by Gasteiger charge is 2.19. The van der Waals surface area contributed by atoms with E-state index in [0.29, 0.717) is 11.4 Å². The Labute approximate surface area is 137 Å². The molecule has 0 aromatic heterocycles. The Morgan fingerprint density at radius 1 is 1.41 bits per heavy atom. The summed E-state index contributed by atoms with van der Waals surface area (Å²) in [5.41, 5.74) is 1.76. The van der Waals surface area contributed by atoms with E-state index in [4.69, 9.17) is 11.6 Å². The van der Waals surface area contributed by atoms with Gasteiger partial charge in [0.05, 0.1) is 5.75 Å². The molecule has 0 fully saturated rings. The van der Waals surface area contributed by atoms with Crippen LogP contribution in [0.25, 0.3) is 5.57 Å². The maximum atomic E-state index is 12.3. The molecule has 0 aliphatic rings. The number of benzene rings is 1. The van der Waals surface area contributed by atoms with Crippen molar-refractivity contribution in [1.29, 1.82) is 0 Å². The molecule has 0 saturated carbocycles. The minimum atomic E-state index is -3.13. The van der Waals surface area contributed by atoms with Crippen molar-refractivity contribution in [3.8, 4) is 0 Å². The number of nitrogens with zero attached hydrogens (tertiary/aromatic N) is 1. The van der Waals surface area contributed by atoms with Crippen molar-refractivity contribution in [2.24, 2.45) is 0 Å². The Balaban J connectivity index is 2.95. The van der Waals surface area contributed by atoms with Crippen LogP contribution in [0.1, 0.15) is 25.8 Å². The first-order chi connectivity index (χ1) is 10.1. The lowest BCUT2D eigenvalue weighted by molar-refractivity contribution is -0.126. The number of halogens is 1. The average Bonchev–Trinajstić information content (AvgIpc) is 2.41. The van der Waals surface area contributed by atoms with E-state index >= 15 is 0 Å². The normalized spacial score (nSPS) is 13.8. The largest absolute Gasteiger partial charge is 0.338 e. The van der Waals surface area contributed by atoms with Crippen molar-refractivity contribution in [2.45, 2.75) is 26.3 Å². The summed E-state index contributed by atoms with van der Waals surface area (Å²) in [4.78, 5) is 13.8. The van der Waals surface area contributed by atoms with Gasteiger partial charge in [-0.15, -0.1) is 0 Å². The quantitative estimate of drug-likeness (QED) is 0.746. The molecule has 0 heterocycles. The minimum absolute atomic E-state index is 0.0539. The van der Waals surface area contributed by atoms with Gasteiger partial charge in [-0.25, -0.2) is 8.42 Å². The maximum absolute atomic E-state index is 12.3.